The van der Waals surface area contributed by atoms with Crippen molar-refractivity contribution in [2.75, 3.05) is 39.0 Å². The van der Waals surface area contributed by atoms with Gasteiger partial charge >= 0.3 is 0 Å². The molecule has 2 N–H and O–H groups in total. The Kier molecular flexibility index (Phi) is 6.69. The summed E-state index contributed by atoms with van der Waals surface area (Å²) in [6, 6.07) is 8.07. The zero-order chi connectivity index (χ0) is 17.4. The van der Waals surface area contributed by atoms with Crippen molar-refractivity contribution in [1.29, 1.82) is 0 Å². The zero-order valence-corrected chi connectivity index (χ0v) is 14.1. The van der Waals surface area contributed by atoms with E-state index in [1.165, 1.54) is 12.1 Å². The van der Waals surface area contributed by atoms with Crippen LogP contribution in [0.2, 0.25) is 0 Å². The summed E-state index contributed by atoms with van der Waals surface area (Å²) in [6.45, 7) is 2.17. The minimum Gasteiger partial charge on any atom is -0.382 e. The van der Waals surface area contributed by atoms with Gasteiger partial charge in [-0.15, -0.1) is 0 Å². The summed E-state index contributed by atoms with van der Waals surface area (Å²) in [5, 5.41) is 6.09. The van der Waals surface area contributed by atoms with Crippen molar-refractivity contribution >= 4 is 11.6 Å². The van der Waals surface area contributed by atoms with Gasteiger partial charge in [0.2, 0.25) is 0 Å². The van der Waals surface area contributed by atoms with E-state index < -0.39 is 0 Å². The number of amides is 1. The van der Waals surface area contributed by atoms with E-state index in [1.54, 1.807) is 30.6 Å². The Morgan fingerprint density at radius 3 is 2.62 bits per heavy atom. The van der Waals surface area contributed by atoms with Gasteiger partial charge in [0.05, 0.1) is 11.3 Å². The van der Waals surface area contributed by atoms with Gasteiger partial charge in [0.25, 0.3) is 5.91 Å². The molecule has 0 unspecified atom stereocenters. The van der Waals surface area contributed by atoms with Crippen LogP contribution in [0.15, 0.2) is 42.7 Å². The Morgan fingerprint density at radius 1 is 1.17 bits per heavy atom. The molecule has 1 aromatic carbocycles. The maximum Gasteiger partial charge on any atom is 0.252 e. The molecule has 0 spiro atoms. The number of pyridine rings is 1. The highest BCUT2D eigenvalue weighted by atomic mass is 19.1. The predicted octanol–water partition coefficient (Wildman–Crippen LogP) is 2.17. The highest BCUT2D eigenvalue weighted by Crippen LogP contribution is 2.08. The molecule has 0 bridgehead atoms. The van der Waals surface area contributed by atoms with E-state index >= 15 is 0 Å². The highest BCUT2D eigenvalue weighted by molar-refractivity contribution is 5.94. The van der Waals surface area contributed by atoms with Crippen LogP contribution in [-0.2, 0) is 6.42 Å². The van der Waals surface area contributed by atoms with E-state index in [0.29, 0.717) is 18.5 Å². The molecule has 0 radical (unpaired) electrons. The predicted molar refractivity (Wildman–Crippen MR) is 93.7 cm³/mol. The average Bonchev–Trinajstić information content (AvgIpc) is 2.56. The second kappa shape index (κ2) is 8.98. The molecule has 5 nitrogen and oxygen atoms in total. The van der Waals surface area contributed by atoms with Crippen molar-refractivity contribution in [3.8, 4) is 0 Å². The van der Waals surface area contributed by atoms with Gasteiger partial charge in [-0.05, 0) is 44.3 Å². The number of hydrogen-bond donors (Lipinski definition) is 2. The Bertz CT molecular complexity index is 658. The minimum atomic E-state index is -0.257. The minimum absolute atomic E-state index is 0.166. The van der Waals surface area contributed by atoms with Crippen molar-refractivity contribution in [2.24, 2.45) is 0 Å². The van der Waals surface area contributed by atoms with E-state index in [4.69, 9.17) is 0 Å². The van der Waals surface area contributed by atoms with Crippen molar-refractivity contribution in [1.82, 2.24) is 15.2 Å². The van der Waals surface area contributed by atoms with Gasteiger partial charge in [-0.25, -0.2) is 4.39 Å². The number of benzene rings is 1. The van der Waals surface area contributed by atoms with Crippen molar-refractivity contribution in [3.05, 3.63) is 59.7 Å². The van der Waals surface area contributed by atoms with Crippen molar-refractivity contribution < 1.29 is 9.18 Å². The average molecular weight is 330 g/mol. The van der Waals surface area contributed by atoms with Crippen LogP contribution in [0, 0.1) is 5.82 Å². The monoisotopic (exact) mass is 330 g/mol. The fraction of sp³-hybridized carbons (Fsp3) is 0.333. The van der Waals surface area contributed by atoms with Crippen LogP contribution in [0.3, 0.4) is 0 Å². The molecule has 2 aromatic rings. The fourth-order valence-electron chi connectivity index (χ4n) is 2.16. The number of nitrogens with zero attached hydrogens (tertiary/aromatic N) is 2. The quantitative estimate of drug-likeness (QED) is 0.779. The number of carbonyl (C=O) groups is 1. The number of carbonyl (C=O) groups excluding carboxylic acids is 1. The molecule has 0 aliphatic heterocycles. The van der Waals surface area contributed by atoms with Gasteiger partial charge in [-0.1, -0.05) is 12.1 Å². The Balaban J connectivity index is 1.82. The molecule has 1 aromatic heterocycles. The van der Waals surface area contributed by atoms with Gasteiger partial charge in [0.1, 0.15) is 5.82 Å². The largest absolute Gasteiger partial charge is 0.382 e. The van der Waals surface area contributed by atoms with E-state index in [1.807, 2.05) is 14.1 Å². The number of halogens is 1. The molecule has 0 aliphatic carbocycles. The molecule has 24 heavy (non-hydrogen) atoms. The van der Waals surface area contributed by atoms with Crippen LogP contribution in [0.4, 0.5) is 10.1 Å². The summed E-state index contributed by atoms with van der Waals surface area (Å²) in [6.07, 6.45) is 3.90. The SMILES string of the molecule is CN(C)CCNc1cncc(C(=O)NCCc2ccc(F)cc2)c1. The molecule has 0 atom stereocenters. The van der Waals surface area contributed by atoms with Crippen molar-refractivity contribution in [2.45, 2.75) is 6.42 Å². The Morgan fingerprint density at radius 2 is 1.92 bits per heavy atom. The Labute approximate surface area is 141 Å². The third kappa shape index (κ3) is 5.96. The third-order valence-electron chi connectivity index (χ3n) is 3.50. The molecular formula is C18H23FN4O. The molecule has 0 saturated heterocycles. The highest BCUT2D eigenvalue weighted by Gasteiger charge is 2.06. The lowest BCUT2D eigenvalue weighted by atomic mass is 10.1. The first kappa shape index (κ1) is 17.9. The number of anilines is 1. The summed E-state index contributed by atoms with van der Waals surface area (Å²) >= 11 is 0. The summed E-state index contributed by atoms with van der Waals surface area (Å²) in [4.78, 5) is 18.4. The number of likely N-dealkylation sites (N-methyl/N-ethyl adjacent to an activating group) is 1. The summed E-state index contributed by atoms with van der Waals surface area (Å²) < 4.78 is 12.8. The number of rotatable bonds is 8. The molecule has 0 saturated carbocycles. The normalized spacial score (nSPS) is 10.7. The van der Waals surface area contributed by atoms with E-state index in [2.05, 4.69) is 20.5 Å². The molecule has 2 rings (SSSR count). The molecule has 1 amide bonds. The first-order chi connectivity index (χ1) is 11.5. The molecule has 128 valence electrons. The van der Waals surface area contributed by atoms with E-state index in [0.717, 1.165) is 24.3 Å². The standard InChI is InChI=1S/C18H23FN4O/c1-23(2)10-9-21-17-11-15(12-20-13-17)18(24)22-8-7-14-3-5-16(19)6-4-14/h3-6,11-13,21H,7-10H2,1-2H3,(H,22,24). The van der Waals surface area contributed by atoms with Crippen LogP contribution < -0.4 is 10.6 Å². The molecular weight excluding hydrogens is 307 g/mol. The third-order valence-corrected chi connectivity index (χ3v) is 3.50. The molecule has 0 aliphatic rings. The number of aromatic nitrogens is 1. The van der Waals surface area contributed by atoms with E-state index in [-0.39, 0.29) is 11.7 Å². The first-order valence-corrected chi connectivity index (χ1v) is 7.91. The summed E-state index contributed by atoms with van der Waals surface area (Å²) in [5.41, 5.74) is 2.32. The van der Waals surface area contributed by atoms with E-state index in [9.17, 15) is 9.18 Å². The van der Waals surface area contributed by atoms with Gasteiger partial charge < -0.3 is 15.5 Å². The molecule has 1 heterocycles. The maximum atomic E-state index is 12.8. The zero-order valence-electron chi connectivity index (χ0n) is 14.1. The second-order valence-electron chi connectivity index (χ2n) is 5.82. The van der Waals surface area contributed by atoms with Gasteiger partial charge in [0, 0.05) is 32.0 Å². The lowest BCUT2D eigenvalue weighted by Gasteiger charge is -2.12. The van der Waals surface area contributed by atoms with Crippen LogP contribution in [0.1, 0.15) is 15.9 Å². The van der Waals surface area contributed by atoms with Gasteiger partial charge in [-0.2, -0.15) is 0 Å². The lowest BCUT2D eigenvalue weighted by molar-refractivity contribution is 0.0954. The summed E-state index contributed by atoms with van der Waals surface area (Å²) in [5.74, 6) is -0.423. The fourth-order valence-corrected chi connectivity index (χ4v) is 2.16. The van der Waals surface area contributed by atoms with Gasteiger partial charge in [-0.3, -0.25) is 9.78 Å². The topological polar surface area (TPSA) is 57.3 Å². The van der Waals surface area contributed by atoms with Crippen LogP contribution in [-0.4, -0.2) is 49.5 Å². The lowest BCUT2D eigenvalue weighted by Crippen LogP contribution is -2.26. The molecule has 6 heteroatoms. The van der Waals surface area contributed by atoms with Crippen LogP contribution in [0.25, 0.3) is 0 Å². The second-order valence-corrected chi connectivity index (χ2v) is 5.82. The van der Waals surface area contributed by atoms with Crippen LogP contribution >= 0.6 is 0 Å². The number of hydrogen-bond acceptors (Lipinski definition) is 4. The number of nitrogens with one attached hydrogen (secondary N) is 2. The summed E-state index contributed by atoms with van der Waals surface area (Å²) in [7, 11) is 4.01. The van der Waals surface area contributed by atoms with Crippen molar-refractivity contribution in [3.63, 3.8) is 0 Å². The maximum absolute atomic E-state index is 12.8. The smallest absolute Gasteiger partial charge is 0.252 e. The Hall–Kier alpha value is -2.47. The molecule has 0 fully saturated rings. The van der Waals surface area contributed by atoms with Crippen LogP contribution in [0.5, 0.6) is 0 Å². The van der Waals surface area contributed by atoms with Gasteiger partial charge in [0.15, 0.2) is 0 Å². The first-order valence-electron chi connectivity index (χ1n) is 7.91.